The molecule has 6 N–H and O–H groups in total. The molecule has 2 amide bonds. The standard InChI is InChI=1S/C8H12N4O5S/c9-8(15)10-1-2-12-18(16,17)5-3-6(7(13)14)11-4-5/h3-4,11-12H,1-2H2,(H,13,14)(H3,9,10,15). The van der Waals surface area contributed by atoms with Crippen molar-refractivity contribution >= 4 is 22.0 Å². The number of aromatic nitrogens is 1. The maximum atomic E-state index is 11.6. The average molecular weight is 276 g/mol. The molecular formula is C8H12N4O5S. The molecule has 0 spiro atoms. The van der Waals surface area contributed by atoms with Crippen LogP contribution in [-0.4, -0.2) is 43.6 Å². The highest BCUT2D eigenvalue weighted by molar-refractivity contribution is 7.89. The van der Waals surface area contributed by atoms with Gasteiger partial charge in [-0.05, 0) is 6.07 Å². The Morgan fingerprint density at radius 3 is 2.56 bits per heavy atom. The van der Waals surface area contributed by atoms with Crippen molar-refractivity contribution in [3.05, 3.63) is 18.0 Å². The van der Waals surface area contributed by atoms with E-state index in [4.69, 9.17) is 10.8 Å². The largest absolute Gasteiger partial charge is 0.477 e. The molecule has 0 aliphatic carbocycles. The zero-order valence-electron chi connectivity index (χ0n) is 9.13. The lowest BCUT2D eigenvalue weighted by atomic mass is 10.4. The normalized spacial score (nSPS) is 11.1. The molecule has 0 aromatic carbocycles. The number of sulfonamides is 1. The molecule has 0 aliphatic heterocycles. The number of rotatable bonds is 6. The number of carboxylic acids is 1. The second kappa shape index (κ2) is 5.51. The van der Waals surface area contributed by atoms with Gasteiger partial charge in [-0.1, -0.05) is 0 Å². The summed E-state index contributed by atoms with van der Waals surface area (Å²) in [4.78, 5) is 23.0. The van der Waals surface area contributed by atoms with Crippen LogP contribution in [0.25, 0.3) is 0 Å². The van der Waals surface area contributed by atoms with E-state index in [9.17, 15) is 18.0 Å². The predicted molar refractivity (Wildman–Crippen MR) is 60.5 cm³/mol. The number of nitrogens with one attached hydrogen (secondary N) is 3. The lowest BCUT2D eigenvalue weighted by Crippen LogP contribution is -2.37. The van der Waals surface area contributed by atoms with Crippen LogP contribution in [0.5, 0.6) is 0 Å². The lowest BCUT2D eigenvalue weighted by molar-refractivity contribution is 0.0691. The summed E-state index contributed by atoms with van der Waals surface area (Å²) in [7, 11) is -3.81. The molecular weight excluding hydrogens is 264 g/mol. The first kappa shape index (κ1) is 14.0. The molecule has 0 unspecified atom stereocenters. The van der Waals surface area contributed by atoms with E-state index in [0.717, 1.165) is 12.3 Å². The Bertz CT molecular complexity index is 550. The Labute approximate surface area is 102 Å². The van der Waals surface area contributed by atoms with Crippen LogP contribution in [0.2, 0.25) is 0 Å². The fourth-order valence-corrected chi connectivity index (χ4v) is 2.13. The molecule has 1 aromatic heterocycles. The molecule has 0 atom stereocenters. The van der Waals surface area contributed by atoms with Gasteiger partial charge in [0, 0.05) is 19.3 Å². The molecule has 9 nitrogen and oxygen atoms in total. The fourth-order valence-electron chi connectivity index (χ4n) is 1.11. The van der Waals surface area contributed by atoms with Crippen LogP contribution in [0, 0.1) is 0 Å². The molecule has 0 fully saturated rings. The quantitative estimate of drug-likeness (QED) is 0.407. The Hall–Kier alpha value is -2.07. The predicted octanol–water partition coefficient (Wildman–Crippen LogP) is -1.34. The van der Waals surface area contributed by atoms with Gasteiger partial charge in [0.1, 0.15) is 10.6 Å². The average Bonchev–Trinajstić information content (AvgIpc) is 2.74. The summed E-state index contributed by atoms with van der Waals surface area (Å²) in [5.41, 5.74) is 4.56. The molecule has 18 heavy (non-hydrogen) atoms. The number of hydrogen-bond acceptors (Lipinski definition) is 4. The van der Waals surface area contributed by atoms with Gasteiger partial charge in [0.2, 0.25) is 10.0 Å². The molecule has 0 bridgehead atoms. The van der Waals surface area contributed by atoms with Gasteiger partial charge < -0.3 is 21.1 Å². The van der Waals surface area contributed by atoms with Crippen molar-refractivity contribution in [3.8, 4) is 0 Å². The van der Waals surface area contributed by atoms with Crippen molar-refractivity contribution in [2.45, 2.75) is 4.90 Å². The van der Waals surface area contributed by atoms with Crippen LogP contribution in [-0.2, 0) is 10.0 Å². The molecule has 10 heteroatoms. The molecule has 0 saturated carbocycles. The first-order valence-corrected chi connectivity index (χ1v) is 6.26. The zero-order chi connectivity index (χ0) is 13.8. The third kappa shape index (κ3) is 3.75. The van der Waals surface area contributed by atoms with Gasteiger partial charge in [0.15, 0.2) is 0 Å². The van der Waals surface area contributed by atoms with E-state index in [-0.39, 0.29) is 23.7 Å². The third-order valence-electron chi connectivity index (χ3n) is 1.91. The molecule has 0 saturated heterocycles. The summed E-state index contributed by atoms with van der Waals surface area (Å²) in [5.74, 6) is -1.26. The van der Waals surface area contributed by atoms with Crippen LogP contribution < -0.4 is 15.8 Å². The topological polar surface area (TPSA) is 154 Å². The number of aromatic carboxylic acids is 1. The van der Waals surface area contributed by atoms with Gasteiger partial charge in [0.25, 0.3) is 0 Å². The summed E-state index contributed by atoms with van der Waals surface area (Å²) < 4.78 is 25.5. The molecule has 0 radical (unpaired) electrons. The highest BCUT2D eigenvalue weighted by Crippen LogP contribution is 2.10. The second-order valence-electron chi connectivity index (χ2n) is 3.24. The van der Waals surface area contributed by atoms with Crippen molar-refractivity contribution < 1.29 is 23.1 Å². The Kier molecular flexibility index (Phi) is 4.28. The van der Waals surface area contributed by atoms with Gasteiger partial charge in [-0.25, -0.2) is 22.7 Å². The first-order chi connectivity index (χ1) is 8.33. The molecule has 1 rings (SSSR count). The van der Waals surface area contributed by atoms with Crippen molar-refractivity contribution in [2.24, 2.45) is 5.73 Å². The van der Waals surface area contributed by atoms with Gasteiger partial charge in [-0.15, -0.1) is 0 Å². The SMILES string of the molecule is NC(=O)NCCNS(=O)(=O)c1c[nH]c(C(=O)O)c1. The first-order valence-electron chi connectivity index (χ1n) is 4.77. The molecule has 1 heterocycles. The highest BCUT2D eigenvalue weighted by atomic mass is 32.2. The van der Waals surface area contributed by atoms with E-state index in [0.29, 0.717) is 0 Å². The maximum Gasteiger partial charge on any atom is 0.352 e. The van der Waals surface area contributed by atoms with E-state index >= 15 is 0 Å². The maximum absolute atomic E-state index is 11.6. The summed E-state index contributed by atoms with van der Waals surface area (Å²) in [5, 5.41) is 10.8. The number of nitrogens with two attached hydrogens (primary N) is 1. The van der Waals surface area contributed by atoms with Crippen molar-refractivity contribution in [1.82, 2.24) is 15.0 Å². The number of aromatic amines is 1. The minimum absolute atomic E-state index is 0.0325. The molecule has 0 aliphatic rings. The fraction of sp³-hybridized carbons (Fsp3) is 0.250. The van der Waals surface area contributed by atoms with Crippen LogP contribution in [0.3, 0.4) is 0 Å². The zero-order valence-corrected chi connectivity index (χ0v) is 9.95. The van der Waals surface area contributed by atoms with Crippen LogP contribution in [0.4, 0.5) is 4.79 Å². The third-order valence-corrected chi connectivity index (χ3v) is 3.35. The van der Waals surface area contributed by atoms with E-state index in [1.807, 2.05) is 0 Å². The van der Waals surface area contributed by atoms with Gasteiger partial charge in [-0.3, -0.25) is 0 Å². The minimum atomic E-state index is -3.81. The monoisotopic (exact) mass is 276 g/mol. The number of carboxylic acid groups (broad SMARTS) is 1. The number of carbonyl (C=O) groups is 2. The van der Waals surface area contributed by atoms with E-state index in [2.05, 4.69) is 15.0 Å². The number of carbonyl (C=O) groups excluding carboxylic acids is 1. The van der Waals surface area contributed by atoms with Gasteiger partial charge >= 0.3 is 12.0 Å². The summed E-state index contributed by atoms with van der Waals surface area (Å²) in [6.07, 6.45) is 1.06. The van der Waals surface area contributed by atoms with Crippen molar-refractivity contribution in [3.63, 3.8) is 0 Å². The number of primary amides is 1. The number of H-pyrrole nitrogens is 1. The summed E-state index contributed by atoms with van der Waals surface area (Å²) in [6, 6.07) is 0.232. The highest BCUT2D eigenvalue weighted by Gasteiger charge is 2.17. The van der Waals surface area contributed by atoms with E-state index in [1.54, 1.807) is 0 Å². The number of hydrogen-bond donors (Lipinski definition) is 5. The van der Waals surface area contributed by atoms with E-state index in [1.165, 1.54) is 0 Å². The number of amides is 2. The van der Waals surface area contributed by atoms with Gasteiger partial charge in [0.05, 0.1) is 0 Å². The molecule has 1 aromatic rings. The van der Waals surface area contributed by atoms with Crippen LogP contribution in [0.15, 0.2) is 17.2 Å². The summed E-state index contributed by atoms with van der Waals surface area (Å²) in [6.45, 7) is -0.0242. The van der Waals surface area contributed by atoms with Crippen molar-refractivity contribution in [1.29, 1.82) is 0 Å². The smallest absolute Gasteiger partial charge is 0.352 e. The lowest BCUT2D eigenvalue weighted by Gasteiger charge is -2.04. The Morgan fingerprint density at radius 2 is 2.06 bits per heavy atom. The minimum Gasteiger partial charge on any atom is -0.477 e. The number of urea groups is 1. The van der Waals surface area contributed by atoms with E-state index < -0.39 is 22.0 Å². The Balaban J connectivity index is 2.62. The molecule has 100 valence electrons. The van der Waals surface area contributed by atoms with Crippen LogP contribution >= 0.6 is 0 Å². The summed E-state index contributed by atoms with van der Waals surface area (Å²) >= 11 is 0. The van der Waals surface area contributed by atoms with Crippen LogP contribution in [0.1, 0.15) is 10.5 Å². The van der Waals surface area contributed by atoms with Crippen molar-refractivity contribution in [2.75, 3.05) is 13.1 Å². The Morgan fingerprint density at radius 1 is 1.39 bits per heavy atom. The second-order valence-corrected chi connectivity index (χ2v) is 5.01. The van der Waals surface area contributed by atoms with Gasteiger partial charge in [-0.2, -0.15) is 0 Å².